The summed E-state index contributed by atoms with van der Waals surface area (Å²) in [6.45, 7) is 19.7. The zero-order chi connectivity index (χ0) is 47.4. The minimum atomic E-state index is -6.72. The van der Waals surface area contributed by atoms with E-state index in [-0.39, 0.29) is 11.9 Å². The van der Waals surface area contributed by atoms with Gasteiger partial charge in [-0.05, 0) is 65.9 Å². The third-order valence-corrected chi connectivity index (χ3v) is 19.8. The molecule has 16 nitrogen and oxygen atoms in total. The number of carbonyl (C=O) groups is 2. The van der Waals surface area contributed by atoms with Crippen molar-refractivity contribution in [2.45, 2.75) is 103 Å². The molecule has 0 spiro atoms. The lowest BCUT2D eigenvalue weighted by molar-refractivity contribution is -0.917. The summed E-state index contributed by atoms with van der Waals surface area (Å²) in [5, 5.41) is 0. The molecule has 0 atom stereocenters. The summed E-state index contributed by atoms with van der Waals surface area (Å²) < 4.78 is 157. The molecule has 0 aromatic heterocycles. The minimum Gasteiger partial charge on any atom is -0.460 e. The van der Waals surface area contributed by atoms with Crippen LogP contribution in [0.4, 0.5) is 26.3 Å². The summed E-state index contributed by atoms with van der Waals surface area (Å²) in [6.07, 6.45) is 4.95. The van der Waals surface area contributed by atoms with Gasteiger partial charge in [0.15, 0.2) is 20.0 Å². The van der Waals surface area contributed by atoms with Crippen molar-refractivity contribution in [3.05, 3.63) is 4.13 Å². The lowest BCUT2D eigenvalue weighted by Crippen LogP contribution is -2.50. The topological polar surface area (TPSA) is 190 Å². The Bertz CT molecular complexity index is 1330. The molecule has 0 aromatic rings. The summed E-state index contributed by atoms with van der Waals surface area (Å²) in [6, 6.07) is 1.58. The first kappa shape index (κ1) is 61.2. The van der Waals surface area contributed by atoms with Gasteiger partial charge in [0.2, 0.25) is 0 Å². The van der Waals surface area contributed by atoms with E-state index in [4.69, 9.17) is 36.0 Å². The Balaban J connectivity index is 0.00000209. The number of likely N-dealkylation sites (tertiary alicyclic amines) is 1. The highest BCUT2D eigenvalue weighted by Crippen LogP contribution is 2.36. The summed E-state index contributed by atoms with van der Waals surface area (Å²) >= 11 is 3.50. The molecule has 1 heterocycles. The summed E-state index contributed by atoms with van der Waals surface area (Å²) in [4.78, 5) is 24.8. The van der Waals surface area contributed by atoms with Crippen LogP contribution < -0.4 is 0 Å². The van der Waals surface area contributed by atoms with Gasteiger partial charge in [-0.15, -0.1) is 0 Å². The fourth-order valence-corrected chi connectivity index (χ4v) is 15.1. The van der Waals surface area contributed by atoms with Crippen molar-refractivity contribution in [3.8, 4) is 0 Å². The third kappa shape index (κ3) is 24.7. The molecule has 28 heteroatoms. The average Bonchev–Trinajstić information content (AvgIpc) is 3.62. The molecule has 0 bridgehead atoms. The van der Waals surface area contributed by atoms with Crippen molar-refractivity contribution in [1.82, 2.24) is 0 Å². The number of quaternary nitrogens is 1. The van der Waals surface area contributed by atoms with Crippen LogP contribution in [0, 0.1) is 0 Å². The second-order valence-corrected chi connectivity index (χ2v) is 24.5. The maximum Gasteiger partial charge on any atom is 0.500 e. The number of thioether (sulfide) groups is 2. The number of alkyl halides is 6. The monoisotopic (exact) mass is 1020 g/mol. The van der Waals surface area contributed by atoms with Gasteiger partial charge in [-0.1, -0.05) is 0 Å². The molecule has 1 fully saturated rings. The fourth-order valence-electron chi connectivity index (χ4n) is 5.93. The number of carbonyl (C=O) groups excluding carboxylic acids is 2. The molecule has 62 heavy (non-hydrogen) atoms. The average molecular weight is 1030 g/mol. The van der Waals surface area contributed by atoms with Crippen LogP contribution in [0.2, 0.25) is 12.1 Å². The molecular weight excluding hydrogens is 959 g/mol. The highest BCUT2D eigenvalue weighted by atomic mass is 32.3. The highest BCUT2D eigenvalue weighted by molar-refractivity contribution is 8.13. The van der Waals surface area contributed by atoms with E-state index in [1.54, 1.807) is 23.5 Å². The molecule has 370 valence electrons. The quantitative estimate of drug-likeness (QED) is 0.0213. The van der Waals surface area contributed by atoms with Gasteiger partial charge < -0.3 is 44.6 Å². The van der Waals surface area contributed by atoms with Crippen LogP contribution in [-0.2, 0) is 65.7 Å². The van der Waals surface area contributed by atoms with Crippen LogP contribution in [0.1, 0.15) is 80.1 Å². The number of sulfonamides is 2. The molecular formula is C34H66F6N2O14S4Si2. The van der Waals surface area contributed by atoms with Crippen LogP contribution >= 0.6 is 23.5 Å². The number of esters is 2. The molecule has 1 aliphatic rings. The first-order valence-corrected chi connectivity index (χ1v) is 29.6. The smallest absolute Gasteiger partial charge is 0.460 e. The number of hydrogen-bond acceptors (Lipinski definition) is 16. The van der Waals surface area contributed by atoms with Gasteiger partial charge in [0.1, 0.15) is 26.3 Å². The number of halogens is 6. The molecule has 0 aromatic carbocycles. The minimum absolute atomic E-state index is 0.151. The summed E-state index contributed by atoms with van der Waals surface area (Å²) in [5.74, 6) is 3.01. The maximum absolute atomic E-state index is 12.4. The Morgan fingerprint density at radius 3 is 1.15 bits per heavy atom. The molecule has 1 rings (SSSR count). The fraction of sp³-hybridized carbons (Fsp3) is 0.941. The maximum atomic E-state index is 12.4. The van der Waals surface area contributed by atoms with Gasteiger partial charge in [-0.25, -0.2) is 16.8 Å². The molecule has 0 N–H and O–H groups in total. The summed E-state index contributed by atoms with van der Waals surface area (Å²) in [5.41, 5.74) is -12.4. The van der Waals surface area contributed by atoms with Gasteiger partial charge >= 0.3 is 40.6 Å². The first-order chi connectivity index (χ1) is 29.0. The molecule has 1 saturated heterocycles. The molecule has 1 aliphatic heterocycles. The predicted molar refractivity (Wildman–Crippen MR) is 228 cm³/mol. The van der Waals surface area contributed by atoms with E-state index in [0.29, 0.717) is 65.7 Å². The van der Waals surface area contributed by atoms with E-state index in [0.717, 1.165) is 95.6 Å². The van der Waals surface area contributed by atoms with Gasteiger partial charge in [0.05, 0.1) is 25.9 Å². The number of rotatable bonds is 34. The molecule has 0 radical (unpaired) electrons. The van der Waals surface area contributed by atoms with Gasteiger partial charge in [-0.3, -0.25) is 9.59 Å². The van der Waals surface area contributed by atoms with Crippen molar-refractivity contribution in [2.75, 3.05) is 102 Å². The highest BCUT2D eigenvalue weighted by Gasteiger charge is 2.47. The number of hydrogen-bond donors (Lipinski definition) is 0. The lowest BCUT2D eigenvalue weighted by Gasteiger charge is -2.33. The van der Waals surface area contributed by atoms with Crippen molar-refractivity contribution in [1.29, 1.82) is 0 Å². The van der Waals surface area contributed by atoms with Crippen LogP contribution in [-0.4, -0.2) is 164 Å². The molecule has 0 unspecified atom stereocenters. The van der Waals surface area contributed by atoms with Crippen molar-refractivity contribution >= 4 is 73.1 Å². The third-order valence-electron chi connectivity index (χ3n) is 8.58. The zero-order valence-electron chi connectivity index (χ0n) is 36.5. The van der Waals surface area contributed by atoms with Gasteiger partial charge in [0.25, 0.3) is 0 Å². The second kappa shape index (κ2) is 31.3. The second-order valence-electron chi connectivity index (χ2n) is 13.2. The van der Waals surface area contributed by atoms with Crippen LogP contribution in [0.5, 0.6) is 0 Å². The summed E-state index contributed by atoms with van der Waals surface area (Å²) in [7, 11) is -18.6. The molecule has 0 amide bonds. The Hall–Kier alpha value is -0.766. The predicted octanol–water partition coefficient (Wildman–Crippen LogP) is 6.87. The number of nitrogens with zero attached hydrogens (tertiary/aromatic N) is 2. The van der Waals surface area contributed by atoms with E-state index >= 15 is 0 Å². The van der Waals surface area contributed by atoms with E-state index in [9.17, 15) is 52.8 Å². The largest absolute Gasteiger partial charge is 0.500 e. The first-order valence-electron chi connectivity index (χ1n) is 20.5. The van der Waals surface area contributed by atoms with E-state index in [1.165, 1.54) is 0 Å². The van der Waals surface area contributed by atoms with E-state index in [2.05, 4.69) is 0 Å². The van der Waals surface area contributed by atoms with Crippen molar-refractivity contribution in [3.63, 3.8) is 0 Å². The van der Waals surface area contributed by atoms with E-state index < -0.39 is 48.7 Å². The van der Waals surface area contributed by atoms with Crippen molar-refractivity contribution in [2.24, 2.45) is 0 Å². The molecule has 0 saturated carbocycles. The van der Waals surface area contributed by atoms with Crippen LogP contribution in [0.15, 0.2) is 0 Å². The van der Waals surface area contributed by atoms with Crippen LogP contribution in [0.3, 0.4) is 0 Å². The van der Waals surface area contributed by atoms with Crippen molar-refractivity contribution < 1.29 is 93.3 Å². The lowest BCUT2D eigenvalue weighted by atomic mass is 10.4. The Morgan fingerprint density at radius 1 is 0.565 bits per heavy atom. The SMILES string of the molecule is CCO[Si](CCCSCCC(=O)OCC[N+]1(CCOC(=O)CCSCCC[Si](OCC)(OCC)OCC)CCCC1)(OCC)OCC.O=S(=O)([N-]S(=O)(=O)C(F)(F)F)C(F)(F)F. The standard InChI is InChI=1S/C32H66NO10S2Si2.C2F6NO4S2/c1-7-38-46(39-8-2,40-9-3)29-15-25-44-27-17-31(34)36-23-21-33(19-13-14-20-33)22-24-37-32(35)18-28-45-26-16-30-47(41-10-4,42-11-5)43-12-6;3-1(4,5)14(10,11)9-15(12,13)2(6,7)8/h7-30H2,1-6H3;/q+1;-1. The Morgan fingerprint density at radius 2 is 0.871 bits per heavy atom. The normalized spacial score (nSPS) is 15.0. The Kier molecular flexibility index (Phi) is 30.9. The van der Waals surface area contributed by atoms with Gasteiger partial charge in [0, 0.05) is 76.1 Å². The van der Waals surface area contributed by atoms with Gasteiger partial charge in [-0.2, -0.15) is 49.9 Å². The molecule has 0 aliphatic carbocycles. The Labute approximate surface area is 374 Å². The number of ether oxygens (including phenoxy) is 2. The van der Waals surface area contributed by atoms with Crippen LogP contribution in [0.25, 0.3) is 4.13 Å². The zero-order valence-corrected chi connectivity index (χ0v) is 41.7. The van der Waals surface area contributed by atoms with E-state index in [1.807, 2.05) is 41.5 Å².